The smallest absolute Gasteiger partial charge is 0.422 e. The molecule has 0 saturated heterocycles. The predicted molar refractivity (Wildman–Crippen MR) is 114 cm³/mol. The first kappa shape index (κ1) is 26.7. The third kappa shape index (κ3) is 5.03. The van der Waals surface area contributed by atoms with Crippen molar-refractivity contribution in [1.29, 1.82) is 0 Å². The number of benzene rings is 3. The standard InChI is InChI=1S/C24H17F7N2O3/c1-36-23(35)13-10-6-5-9-12(13)14(11-7-3-2-4-8-11)20(32)22(34)33-21-18(27)16(25)15(24(29,30)31)17(26)19(21)28/h2-10,14,20H,32H2,1H3,(H,33,34)/t14?,20-/m0/s1. The number of carbonyl (C=O) groups excluding carboxylic acids is 2. The van der Waals surface area contributed by atoms with E-state index in [4.69, 9.17) is 10.5 Å². The van der Waals surface area contributed by atoms with Crippen molar-refractivity contribution in [3.05, 3.63) is 100 Å². The predicted octanol–water partition coefficient (Wildman–Crippen LogP) is 5.15. The molecule has 3 aromatic carbocycles. The fourth-order valence-corrected chi connectivity index (χ4v) is 3.65. The van der Waals surface area contributed by atoms with Crippen molar-refractivity contribution in [2.45, 2.75) is 18.1 Å². The molecule has 0 aliphatic carbocycles. The summed E-state index contributed by atoms with van der Waals surface area (Å²) in [5.74, 6) is -13.7. The Kier molecular flexibility index (Phi) is 7.68. The SMILES string of the molecule is COC(=O)c1ccccc1C(c1ccccc1)[C@H](N)C(=O)Nc1c(F)c(F)c(C(F)(F)F)c(F)c1F. The minimum atomic E-state index is -5.75. The Hall–Kier alpha value is -3.93. The lowest BCUT2D eigenvalue weighted by molar-refractivity contribution is -0.143. The maximum atomic E-state index is 14.3. The van der Waals surface area contributed by atoms with E-state index < -0.39 is 64.5 Å². The summed E-state index contributed by atoms with van der Waals surface area (Å²) in [5.41, 5.74) is 2.05. The lowest BCUT2D eigenvalue weighted by Gasteiger charge is -2.26. The van der Waals surface area contributed by atoms with E-state index in [1.165, 1.54) is 36.4 Å². The minimum Gasteiger partial charge on any atom is -0.465 e. The quantitative estimate of drug-likeness (QED) is 0.271. The first-order chi connectivity index (χ1) is 16.9. The molecular formula is C24H17F7N2O3. The van der Waals surface area contributed by atoms with Crippen LogP contribution in [0.15, 0.2) is 54.6 Å². The van der Waals surface area contributed by atoms with Crippen molar-refractivity contribution < 1.29 is 45.1 Å². The van der Waals surface area contributed by atoms with E-state index in [9.17, 15) is 40.3 Å². The zero-order valence-corrected chi connectivity index (χ0v) is 18.3. The average molecular weight is 514 g/mol. The molecule has 3 aromatic rings. The van der Waals surface area contributed by atoms with Crippen LogP contribution in [0, 0.1) is 23.3 Å². The summed E-state index contributed by atoms with van der Waals surface area (Å²) >= 11 is 0. The van der Waals surface area contributed by atoms with E-state index in [2.05, 4.69) is 0 Å². The number of methoxy groups -OCH3 is 1. The highest BCUT2D eigenvalue weighted by atomic mass is 19.4. The Labute approximate surface area is 199 Å². The summed E-state index contributed by atoms with van der Waals surface area (Å²) in [4.78, 5) is 25.2. The number of nitrogens with two attached hydrogens (primary N) is 1. The molecule has 5 nitrogen and oxygen atoms in total. The summed E-state index contributed by atoms with van der Waals surface area (Å²) in [6.07, 6.45) is -5.75. The van der Waals surface area contributed by atoms with Crippen LogP contribution in [0.4, 0.5) is 36.4 Å². The largest absolute Gasteiger partial charge is 0.465 e. The van der Waals surface area contributed by atoms with Crippen LogP contribution < -0.4 is 11.1 Å². The maximum absolute atomic E-state index is 14.3. The van der Waals surface area contributed by atoms with Crippen molar-refractivity contribution >= 4 is 17.6 Å². The third-order valence-corrected chi connectivity index (χ3v) is 5.32. The number of hydrogen-bond donors (Lipinski definition) is 2. The first-order valence-electron chi connectivity index (χ1n) is 10.1. The van der Waals surface area contributed by atoms with Gasteiger partial charge in [-0.2, -0.15) is 13.2 Å². The van der Waals surface area contributed by atoms with Crippen LogP contribution in [-0.2, 0) is 15.7 Å². The number of halogens is 7. The van der Waals surface area contributed by atoms with Crippen LogP contribution >= 0.6 is 0 Å². The number of ether oxygens (including phenoxy) is 1. The van der Waals surface area contributed by atoms with Gasteiger partial charge < -0.3 is 15.8 Å². The Morgan fingerprint density at radius 2 is 1.39 bits per heavy atom. The molecule has 1 amide bonds. The van der Waals surface area contributed by atoms with Gasteiger partial charge in [-0.05, 0) is 17.2 Å². The van der Waals surface area contributed by atoms with Crippen molar-refractivity contribution in [2.24, 2.45) is 5.73 Å². The molecule has 3 N–H and O–H groups in total. The van der Waals surface area contributed by atoms with Crippen LogP contribution in [0.25, 0.3) is 0 Å². The fraction of sp³-hybridized carbons (Fsp3) is 0.167. The van der Waals surface area contributed by atoms with Gasteiger partial charge in [-0.3, -0.25) is 4.79 Å². The van der Waals surface area contributed by atoms with Gasteiger partial charge in [0.1, 0.15) is 11.3 Å². The van der Waals surface area contributed by atoms with Gasteiger partial charge in [0, 0.05) is 5.92 Å². The third-order valence-electron chi connectivity index (χ3n) is 5.32. The molecule has 0 heterocycles. The zero-order valence-electron chi connectivity index (χ0n) is 18.3. The van der Waals surface area contributed by atoms with E-state index in [1.807, 2.05) is 0 Å². The molecule has 3 rings (SSSR count). The van der Waals surface area contributed by atoms with Gasteiger partial charge in [-0.15, -0.1) is 0 Å². The number of hydrogen-bond acceptors (Lipinski definition) is 4. The molecule has 0 aliphatic rings. The van der Waals surface area contributed by atoms with Gasteiger partial charge in [0.15, 0.2) is 23.3 Å². The van der Waals surface area contributed by atoms with E-state index in [-0.39, 0.29) is 11.1 Å². The second-order valence-electron chi connectivity index (χ2n) is 7.49. The van der Waals surface area contributed by atoms with Crippen LogP contribution in [0.3, 0.4) is 0 Å². The first-order valence-corrected chi connectivity index (χ1v) is 10.1. The van der Waals surface area contributed by atoms with Gasteiger partial charge >= 0.3 is 12.1 Å². The lowest BCUT2D eigenvalue weighted by Crippen LogP contribution is -2.42. The molecule has 0 aliphatic heterocycles. The zero-order chi connectivity index (χ0) is 26.8. The second kappa shape index (κ2) is 10.4. The molecule has 12 heteroatoms. The van der Waals surface area contributed by atoms with Gasteiger partial charge in [0.2, 0.25) is 5.91 Å². The lowest BCUT2D eigenvalue weighted by atomic mass is 9.82. The fourth-order valence-electron chi connectivity index (χ4n) is 3.65. The summed E-state index contributed by atoms with van der Waals surface area (Å²) in [5, 5.41) is 1.54. The van der Waals surface area contributed by atoms with Gasteiger partial charge in [-0.25, -0.2) is 22.4 Å². The number of amides is 1. The molecule has 190 valence electrons. The van der Waals surface area contributed by atoms with E-state index in [1.54, 1.807) is 23.5 Å². The topological polar surface area (TPSA) is 81.4 Å². The number of alkyl halides is 3. The summed E-state index contributed by atoms with van der Waals surface area (Å²) < 4.78 is 99.9. The Morgan fingerprint density at radius 3 is 1.92 bits per heavy atom. The van der Waals surface area contributed by atoms with E-state index >= 15 is 0 Å². The van der Waals surface area contributed by atoms with Crippen molar-refractivity contribution in [2.75, 3.05) is 12.4 Å². The van der Waals surface area contributed by atoms with Gasteiger partial charge in [0.05, 0.1) is 18.7 Å². The molecule has 0 radical (unpaired) electrons. The normalized spacial score (nSPS) is 13.1. The molecule has 0 spiro atoms. The number of anilines is 1. The van der Waals surface area contributed by atoms with Crippen LogP contribution in [0.1, 0.15) is 33.0 Å². The molecule has 2 atom stereocenters. The minimum absolute atomic E-state index is 0.00100. The highest BCUT2D eigenvalue weighted by Crippen LogP contribution is 2.39. The Morgan fingerprint density at radius 1 is 0.861 bits per heavy atom. The number of esters is 1. The van der Waals surface area contributed by atoms with E-state index in [0.29, 0.717) is 5.56 Å². The molecular weight excluding hydrogens is 497 g/mol. The molecule has 36 heavy (non-hydrogen) atoms. The van der Waals surface area contributed by atoms with Crippen LogP contribution in [-0.4, -0.2) is 25.0 Å². The molecule has 0 fully saturated rings. The van der Waals surface area contributed by atoms with Crippen molar-refractivity contribution in [3.8, 4) is 0 Å². The second-order valence-corrected chi connectivity index (χ2v) is 7.49. The Bertz CT molecular complexity index is 1270. The van der Waals surface area contributed by atoms with Gasteiger partial charge in [0.25, 0.3) is 0 Å². The highest BCUT2D eigenvalue weighted by molar-refractivity contribution is 5.97. The van der Waals surface area contributed by atoms with Crippen LogP contribution in [0.5, 0.6) is 0 Å². The molecule has 1 unspecified atom stereocenters. The molecule has 0 saturated carbocycles. The number of carbonyl (C=O) groups is 2. The number of rotatable bonds is 6. The summed E-state index contributed by atoms with van der Waals surface area (Å²) in [6, 6.07) is 11.9. The number of nitrogens with one attached hydrogen (secondary N) is 1. The summed E-state index contributed by atoms with van der Waals surface area (Å²) in [6.45, 7) is 0. The van der Waals surface area contributed by atoms with E-state index in [0.717, 1.165) is 7.11 Å². The van der Waals surface area contributed by atoms with Crippen molar-refractivity contribution in [1.82, 2.24) is 0 Å². The van der Waals surface area contributed by atoms with Crippen molar-refractivity contribution in [3.63, 3.8) is 0 Å². The monoisotopic (exact) mass is 514 g/mol. The highest BCUT2D eigenvalue weighted by Gasteiger charge is 2.43. The van der Waals surface area contributed by atoms with Crippen LogP contribution in [0.2, 0.25) is 0 Å². The molecule has 0 aromatic heterocycles. The molecule has 0 bridgehead atoms. The maximum Gasteiger partial charge on any atom is 0.422 e. The average Bonchev–Trinajstić information content (AvgIpc) is 2.85. The Balaban J connectivity index is 2.09. The van der Waals surface area contributed by atoms with Gasteiger partial charge in [-0.1, -0.05) is 48.5 Å². The summed E-state index contributed by atoms with van der Waals surface area (Å²) in [7, 11) is 1.11.